The summed E-state index contributed by atoms with van der Waals surface area (Å²) in [7, 11) is 0. The highest BCUT2D eigenvalue weighted by molar-refractivity contribution is 7.19. The Morgan fingerprint density at radius 2 is 1.79 bits per heavy atom. The molecule has 160 valence electrons. The van der Waals surface area contributed by atoms with E-state index in [1.54, 1.807) is 11.3 Å². The van der Waals surface area contributed by atoms with E-state index in [0.717, 1.165) is 45.8 Å². The topological polar surface area (TPSA) is 54.6 Å². The maximum atomic E-state index is 12.7. The molecule has 0 radical (unpaired) electrons. The van der Waals surface area contributed by atoms with Crippen molar-refractivity contribution in [3.8, 4) is 0 Å². The average molecular weight is 418 g/mol. The summed E-state index contributed by atoms with van der Waals surface area (Å²) in [5, 5.41) is 3.11. The van der Waals surface area contributed by atoms with E-state index in [-0.39, 0.29) is 5.91 Å². The molecule has 6 nitrogen and oxygen atoms in total. The van der Waals surface area contributed by atoms with Crippen molar-refractivity contribution in [2.45, 2.75) is 39.7 Å². The van der Waals surface area contributed by atoms with Crippen molar-refractivity contribution in [1.29, 1.82) is 0 Å². The summed E-state index contributed by atoms with van der Waals surface area (Å²) in [4.78, 5) is 24.9. The van der Waals surface area contributed by atoms with Crippen LogP contribution in [0, 0.1) is 6.92 Å². The minimum Gasteiger partial charge on any atom is -0.350 e. The lowest BCUT2D eigenvalue weighted by Gasteiger charge is -2.33. The number of H-pyrrole nitrogens is 1. The summed E-state index contributed by atoms with van der Waals surface area (Å²) < 4.78 is 1.20. The molecule has 2 aliphatic heterocycles. The van der Waals surface area contributed by atoms with Gasteiger partial charge in [-0.25, -0.2) is 0 Å². The van der Waals surface area contributed by atoms with Crippen LogP contribution in [0.25, 0.3) is 10.2 Å². The summed E-state index contributed by atoms with van der Waals surface area (Å²) in [6.45, 7) is 15.0. The molecule has 7 heteroatoms. The van der Waals surface area contributed by atoms with Crippen LogP contribution in [0.4, 0.5) is 0 Å². The molecule has 0 spiro atoms. The number of aryl methyl sites for hydroxylation is 1. The number of hydrogen-bond acceptors (Lipinski definition) is 5. The number of likely N-dealkylation sites (tertiary alicyclic amines) is 1. The summed E-state index contributed by atoms with van der Waals surface area (Å²) in [5.74, 6) is 0.0159. The number of rotatable bonds is 7. The lowest BCUT2D eigenvalue weighted by molar-refractivity contribution is 0.0934. The molecule has 0 aromatic carbocycles. The molecule has 2 saturated heterocycles. The van der Waals surface area contributed by atoms with E-state index in [4.69, 9.17) is 0 Å². The first-order valence-corrected chi connectivity index (χ1v) is 12.0. The molecule has 2 aromatic heterocycles. The number of carbonyl (C=O) groups is 1. The quantitative estimate of drug-likeness (QED) is 0.727. The molecule has 0 aliphatic carbocycles. The van der Waals surface area contributed by atoms with Gasteiger partial charge in [0.25, 0.3) is 5.91 Å². The number of hydrogen-bond donors (Lipinski definition) is 2. The number of aromatic amines is 1. The molecule has 0 atom stereocenters. The first-order chi connectivity index (χ1) is 14.1. The van der Waals surface area contributed by atoms with E-state index in [1.807, 2.05) is 6.07 Å². The molecule has 29 heavy (non-hydrogen) atoms. The molecule has 1 amide bonds. The molecule has 0 saturated carbocycles. The van der Waals surface area contributed by atoms with Crippen LogP contribution in [-0.2, 0) is 6.54 Å². The lowest BCUT2D eigenvalue weighted by atomic mass is 10.1. The van der Waals surface area contributed by atoms with Gasteiger partial charge in [-0.2, -0.15) is 0 Å². The predicted molar refractivity (Wildman–Crippen MR) is 121 cm³/mol. The second-order valence-corrected chi connectivity index (χ2v) is 9.68. The van der Waals surface area contributed by atoms with Gasteiger partial charge in [0.15, 0.2) is 0 Å². The van der Waals surface area contributed by atoms with Gasteiger partial charge >= 0.3 is 0 Å². The Hall–Kier alpha value is -1.41. The van der Waals surface area contributed by atoms with Crippen molar-refractivity contribution in [2.24, 2.45) is 0 Å². The number of carbonyl (C=O) groups excluding carboxylic acids is 1. The Morgan fingerprint density at radius 3 is 2.52 bits per heavy atom. The van der Waals surface area contributed by atoms with Crippen LogP contribution in [0.1, 0.15) is 47.1 Å². The molecule has 2 aliphatic rings. The van der Waals surface area contributed by atoms with Gasteiger partial charge in [-0.05, 0) is 45.5 Å². The van der Waals surface area contributed by atoms with Crippen molar-refractivity contribution >= 4 is 27.5 Å². The largest absolute Gasteiger partial charge is 0.350 e. The van der Waals surface area contributed by atoms with E-state index in [9.17, 15) is 4.79 Å². The Bertz CT molecular complexity index is 815. The molecule has 2 N–H and O–H groups in total. The van der Waals surface area contributed by atoms with Crippen LogP contribution >= 0.6 is 11.3 Å². The monoisotopic (exact) mass is 417 g/mol. The van der Waals surface area contributed by atoms with E-state index < -0.39 is 0 Å². The minimum atomic E-state index is 0.0159. The SMILES string of the molecule is CCN1CCN(CCNC(=O)c2cc3sc(C)c(CN4CCCCC4)c3[nH]2)CC1. The van der Waals surface area contributed by atoms with Crippen molar-refractivity contribution in [2.75, 3.05) is 58.9 Å². The van der Waals surface area contributed by atoms with Crippen LogP contribution in [0.3, 0.4) is 0 Å². The van der Waals surface area contributed by atoms with E-state index >= 15 is 0 Å². The Balaban J connectivity index is 1.32. The van der Waals surface area contributed by atoms with E-state index in [0.29, 0.717) is 12.2 Å². The fraction of sp³-hybridized carbons (Fsp3) is 0.682. The summed E-state index contributed by atoms with van der Waals surface area (Å²) in [6, 6.07) is 2.03. The zero-order valence-electron chi connectivity index (χ0n) is 17.9. The number of nitrogens with one attached hydrogen (secondary N) is 2. The molecule has 2 aromatic rings. The number of nitrogens with zero attached hydrogens (tertiary/aromatic N) is 3. The zero-order chi connectivity index (χ0) is 20.2. The highest BCUT2D eigenvalue weighted by Gasteiger charge is 2.19. The van der Waals surface area contributed by atoms with Gasteiger partial charge in [0.05, 0.1) is 10.2 Å². The molecule has 0 unspecified atom stereocenters. The Morgan fingerprint density at radius 1 is 1.07 bits per heavy atom. The Labute approximate surface area is 178 Å². The maximum Gasteiger partial charge on any atom is 0.267 e. The minimum absolute atomic E-state index is 0.0159. The number of aromatic nitrogens is 1. The van der Waals surface area contributed by atoms with Gasteiger partial charge in [-0.3, -0.25) is 14.6 Å². The second kappa shape index (κ2) is 9.60. The van der Waals surface area contributed by atoms with Crippen LogP contribution in [-0.4, -0.2) is 84.5 Å². The van der Waals surface area contributed by atoms with Crippen LogP contribution < -0.4 is 5.32 Å². The summed E-state index contributed by atoms with van der Waals surface area (Å²) in [5.41, 5.74) is 3.24. The van der Waals surface area contributed by atoms with E-state index in [1.165, 1.54) is 53.0 Å². The first kappa shape index (κ1) is 20.8. The van der Waals surface area contributed by atoms with Gasteiger partial charge in [0.1, 0.15) is 5.69 Å². The van der Waals surface area contributed by atoms with Crippen molar-refractivity contribution in [3.63, 3.8) is 0 Å². The number of fused-ring (bicyclic) bond motifs is 1. The van der Waals surface area contributed by atoms with Crippen molar-refractivity contribution < 1.29 is 4.79 Å². The number of likely N-dealkylation sites (N-methyl/N-ethyl adjacent to an activating group) is 1. The highest BCUT2D eigenvalue weighted by Crippen LogP contribution is 2.32. The molecule has 0 bridgehead atoms. The van der Waals surface area contributed by atoms with Gasteiger partial charge in [0, 0.05) is 56.3 Å². The van der Waals surface area contributed by atoms with Crippen molar-refractivity contribution in [1.82, 2.24) is 25.0 Å². The van der Waals surface area contributed by atoms with Crippen molar-refractivity contribution in [3.05, 3.63) is 22.2 Å². The van der Waals surface area contributed by atoms with Gasteiger partial charge in [-0.1, -0.05) is 13.3 Å². The lowest BCUT2D eigenvalue weighted by Crippen LogP contribution is -2.48. The van der Waals surface area contributed by atoms with Crippen LogP contribution in [0.15, 0.2) is 6.07 Å². The van der Waals surface area contributed by atoms with Gasteiger partial charge in [-0.15, -0.1) is 11.3 Å². The summed E-state index contributed by atoms with van der Waals surface area (Å²) in [6.07, 6.45) is 3.96. The molecule has 4 rings (SSSR count). The fourth-order valence-electron chi connectivity index (χ4n) is 4.55. The molecule has 2 fully saturated rings. The molecular formula is C22H35N5OS. The zero-order valence-corrected chi connectivity index (χ0v) is 18.7. The number of piperidine rings is 1. The number of amides is 1. The maximum absolute atomic E-state index is 12.7. The third kappa shape index (κ3) is 5.02. The molecule has 4 heterocycles. The number of piperazine rings is 1. The van der Waals surface area contributed by atoms with Crippen LogP contribution in [0.5, 0.6) is 0 Å². The first-order valence-electron chi connectivity index (χ1n) is 11.2. The second-order valence-electron chi connectivity index (χ2n) is 8.43. The normalized spacial score (nSPS) is 19.8. The third-order valence-corrected chi connectivity index (χ3v) is 7.57. The van der Waals surface area contributed by atoms with Gasteiger partial charge in [0.2, 0.25) is 0 Å². The fourth-order valence-corrected chi connectivity index (χ4v) is 5.62. The predicted octanol–water partition coefficient (Wildman–Crippen LogP) is 2.89. The smallest absolute Gasteiger partial charge is 0.267 e. The average Bonchev–Trinajstić information content (AvgIpc) is 3.28. The van der Waals surface area contributed by atoms with Gasteiger partial charge < -0.3 is 15.2 Å². The highest BCUT2D eigenvalue weighted by atomic mass is 32.1. The third-order valence-electron chi connectivity index (χ3n) is 6.47. The standard InChI is InChI=1S/C22H35N5OS/c1-3-25-11-13-26(14-12-25)10-7-23-22(28)19-15-20-21(24-19)18(17(2)29-20)16-27-8-5-4-6-9-27/h15,24H,3-14,16H2,1-2H3,(H,23,28). The Kier molecular flexibility index (Phi) is 6.90. The van der Waals surface area contributed by atoms with Crippen LogP contribution in [0.2, 0.25) is 0 Å². The van der Waals surface area contributed by atoms with E-state index in [2.05, 4.69) is 38.8 Å². The number of thiophene rings is 1. The molecular weight excluding hydrogens is 382 g/mol. The summed E-state index contributed by atoms with van der Waals surface area (Å²) >= 11 is 1.80.